The minimum absolute atomic E-state index is 0.114. The van der Waals surface area contributed by atoms with Crippen molar-refractivity contribution in [1.29, 1.82) is 0 Å². The average Bonchev–Trinajstić information content (AvgIpc) is 3.16. The first kappa shape index (κ1) is 16.8. The van der Waals surface area contributed by atoms with Gasteiger partial charge in [-0.3, -0.25) is 4.79 Å². The predicted octanol–water partition coefficient (Wildman–Crippen LogP) is 5.41. The molecule has 0 bridgehead atoms. The van der Waals surface area contributed by atoms with E-state index in [9.17, 15) is 4.79 Å². The fraction of sp³-hybridized carbons (Fsp3) is 0.389. The van der Waals surface area contributed by atoms with Gasteiger partial charge in [0.15, 0.2) is 5.76 Å². The fourth-order valence-corrected chi connectivity index (χ4v) is 7.45. The standard InChI is InChI=1S/C18H18INO2S2/c1-11-15-14(3-2-8-18(15)23-9-10-24-18)22-16(11)17(21)20-13-6-4-12(19)5-7-13/h4-7H,2-3,8-10H2,1H3,(H,20,21). The van der Waals surface area contributed by atoms with Crippen molar-refractivity contribution in [2.45, 2.75) is 30.3 Å². The van der Waals surface area contributed by atoms with E-state index in [4.69, 9.17) is 4.42 Å². The summed E-state index contributed by atoms with van der Waals surface area (Å²) >= 11 is 6.30. The SMILES string of the molecule is Cc1c(C(=O)Nc2ccc(I)cc2)oc2c1C1(CCC2)SCCS1. The first-order valence-corrected chi connectivity index (χ1v) is 11.1. The second-order valence-corrected chi connectivity index (χ2v) is 10.4. The van der Waals surface area contributed by atoms with E-state index in [1.54, 1.807) is 0 Å². The first-order valence-electron chi connectivity index (χ1n) is 8.07. The minimum Gasteiger partial charge on any atom is -0.455 e. The Kier molecular flexibility index (Phi) is 4.64. The summed E-state index contributed by atoms with van der Waals surface area (Å²) in [7, 11) is 0. The molecule has 0 saturated carbocycles. The molecule has 0 unspecified atom stereocenters. The van der Waals surface area contributed by atoms with E-state index < -0.39 is 0 Å². The number of nitrogens with one attached hydrogen (secondary N) is 1. The van der Waals surface area contributed by atoms with Gasteiger partial charge in [0.25, 0.3) is 5.91 Å². The molecule has 126 valence electrons. The van der Waals surface area contributed by atoms with Crippen LogP contribution in [-0.2, 0) is 10.5 Å². The third kappa shape index (κ3) is 2.90. The fourth-order valence-electron chi connectivity index (χ4n) is 3.54. The van der Waals surface area contributed by atoms with E-state index in [2.05, 4.69) is 27.9 Å². The molecule has 1 fully saturated rings. The Morgan fingerprint density at radius 2 is 1.96 bits per heavy atom. The van der Waals surface area contributed by atoms with Crippen LogP contribution >= 0.6 is 46.1 Å². The predicted molar refractivity (Wildman–Crippen MR) is 110 cm³/mol. The van der Waals surface area contributed by atoms with Crippen LogP contribution in [0, 0.1) is 10.5 Å². The van der Waals surface area contributed by atoms with E-state index in [1.807, 2.05) is 54.7 Å². The van der Waals surface area contributed by atoms with Crippen molar-refractivity contribution in [3.8, 4) is 0 Å². The maximum Gasteiger partial charge on any atom is 0.291 e. The lowest BCUT2D eigenvalue weighted by atomic mass is 9.94. The summed E-state index contributed by atoms with van der Waals surface area (Å²) in [6.07, 6.45) is 3.25. The van der Waals surface area contributed by atoms with Crippen molar-refractivity contribution < 1.29 is 9.21 Å². The molecule has 2 aromatic rings. The van der Waals surface area contributed by atoms with Gasteiger partial charge in [-0.2, -0.15) is 0 Å². The summed E-state index contributed by atoms with van der Waals surface area (Å²) in [5, 5.41) is 2.96. The summed E-state index contributed by atoms with van der Waals surface area (Å²) in [4.78, 5) is 12.7. The van der Waals surface area contributed by atoms with Crippen molar-refractivity contribution in [3.63, 3.8) is 0 Å². The molecule has 4 rings (SSSR count). The Bertz CT molecular complexity index is 779. The van der Waals surface area contributed by atoms with Gasteiger partial charge in [-0.25, -0.2) is 0 Å². The third-order valence-corrected chi connectivity index (χ3v) is 8.82. The molecule has 2 heterocycles. The lowest BCUT2D eigenvalue weighted by molar-refractivity contribution is 0.0994. The van der Waals surface area contributed by atoms with Gasteiger partial charge in [0.2, 0.25) is 0 Å². The van der Waals surface area contributed by atoms with E-state index in [1.165, 1.54) is 23.5 Å². The maximum absolute atomic E-state index is 12.7. The molecular formula is C18H18INO2S2. The van der Waals surface area contributed by atoms with Gasteiger partial charge in [0.1, 0.15) is 5.76 Å². The summed E-state index contributed by atoms with van der Waals surface area (Å²) in [6, 6.07) is 7.80. The van der Waals surface area contributed by atoms with Gasteiger partial charge in [-0.05, 0) is 66.6 Å². The molecule has 1 aromatic carbocycles. The number of hydrogen-bond donors (Lipinski definition) is 1. The molecule has 1 spiro atoms. The van der Waals surface area contributed by atoms with Crippen molar-refractivity contribution in [1.82, 2.24) is 0 Å². The Morgan fingerprint density at radius 3 is 2.67 bits per heavy atom. The number of furan rings is 1. The second-order valence-electron chi connectivity index (χ2n) is 6.12. The van der Waals surface area contributed by atoms with Crippen LogP contribution in [-0.4, -0.2) is 17.4 Å². The number of hydrogen-bond acceptors (Lipinski definition) is 4. The van der Waals surface area contributed by atoms with Gasteiger partial charge in [0.05, 0.1) is 4.08 Å². The number of halogens is 1. The molecule has 0 atom stereocenters. The Balaban J connectivity index is 1.66. The second kappa shape index (κ2) is 6.61. The van der Waals surface area contributed by atoms with Crippen LogP contribution < -0.4 is 5.32 Å². The molecule has 1 amide bonds. The number of anilines is 1. The van der Waals surface area contributed by atoms with Gasteiger partial charge >= 0.3 is 0 Å². The van der Waals surface area contributed by atoms with Gasteiger partial charge in [-0.1, -0.05) is 0 Å². The number of amides is 1. The molecular weight excluding hydrogens is 453 g/mol. The first-order chi connectivity index (χ1) is 11.6. The van der Waals surface area contributed by atoms with Gasteiger partial charge in [0, 0.05) is 38.3 Å². The zero-order valence-electron chi connectivity index (χ0n) is 13.4. The van der Waals surface area contributed by atoms with Crippen LogP contribution in [0.3, 0.4) is 0 Å². The summed E-state index contributed by atoms with van der Waals surface area (Å²) < 4.78 is 7.30. The van der Waals surface area contributed by atoms with E-state index >= 15 is 0 Å². The Labute approximate surface area is 163 Å². The van der Waals surface area contributed by atoms with Crippen LogP contribution in [0.4, 0.5) is 5.69 Å². The summed E-state index contributed by atoms with van der Waals surface area (Å²) in [5.74, 6) is 3.71. The van der Waals surface area contributed by atoms with Crippen molar-refractivity contribution >= 4 is 57.7 Å². The molecule has 0 radical (unpaired) electrons. The number of rotatable bonds is 2. The highest BCUT2D eigenvalue weighted by Gasteiger charge is 2.45. The largest absolute Gasteiger partial charge is 0.455 e. The van der Waals surface area contributed by atoms with Crippen LogP contribution in [0.15, 0.2) is 28.7 Å². The Morgan fingerprint density at radius 1 is 1.25 bits per heavy atom. The molecule has 24 heavy (non-hydrogen) atoms. The lowest BCUT2D eigenvalue weighted by Crippen LogP contribution is -2.21. The van der Waals surface area contributed by atoms with E-state index in [-0.39, 0.29) is 9.99 Å². The quantitative estimate of drug-likeness (QED) is 0.595. The minimum atomic E-state index is -0.147. The monoisotopic (exact) mass is 471 g/mol. The maximum atomic E-state index is 12.7. The number of aryl methyl sites for hydroxylation is 1. The molecule has 3 nitrogen and oxygen atoms in total. The lowest BCUT2D eigenvalue weighted by Gasteiger charge is -2.31. The number of carbonyl (C=O) groups excluding carboxylic acids is 1. The number of carbonyl (C=O) groups is 1. The smallest absolute Gasteiger partial charge is 0.291 e. The molecule has 1 aliphatic carbocycles. The summed E-state index contributed by atoms with van der Waals surface area (Å²) in [6.45, 7) is 2.04. The number of benzene rings is 1. The molecule has 1 aliphatic heterocycles. The number of thioether (sulfide) groups is 2. The molecule has 2 aliphatic rings. The number of fused-ring (bicyclic) bond motifs is 2. The average molecular weight is 471 g/mol. The molecule has 1 N–H and O–H groups in total. The van der Waals surface area contributed by atoms with Crippen LogP contribution in [0.2, 0.25) is 0 Å². The summed E-state index contributed by atoms with van der Waals surface area (Å²) in [5.41, 5.74) is 3.11. The van der Waals surface area contributed by atoms with Crippen LogP contribution in [0.1, 0.15) is 40.3 Å². The van der Waals surface area contributed by atoms with E-state index in [0.29, 0.717) is 5.76 Å². The molecule has 6 heteroatoms. The van der Waals surface area contributed by atoms with Gasteiger partial charge < -0.3 is 9.73 Å². The highest BCUT2D eigenvalue weighted by atomic mass is 127. The topological polar surface area (TPSA) is 42.2 Å². The zero-order valence-corrected chi connectivity index (χ0v) is 17.1. The van der Waals surface area contributed by atoms with Crippen molar-refractivity contribution in [2.24, 2.45) is 0 Å². The van der Waals surface area contributed by atoms with Crippen molar-refractivity contribution in [3.05, 3.63) is 50.5 Å². The third-order valence-electron chi connectivity index (χ3n) is 4.57. The van der Waals surface area contributed by atoms with Gasteiger partial charge in [-0.15, -0.1) is 23.5 Å². The van der Waals surface area contributed by atoms with Crippen LogP contribution in [0.25, 0.3) is 0 Å². The zero-order chi connectivity index (χ0) is 16.7. The van der Waals surface area contributed by atoms with Crippen LogP contribution in [0.5, 0.6) is 0 Å². The highest BCUT2D eigenvalue weighted by molar-refractivity contribution is 14.1. The molecule has 1 saturated heterocycles. The Hall–Kier alpha value is -0.600. The van der Waals surface area contributed by atoms with E-state index in [0.717, 1.165) is 33.4 Å². The van der Waals surface area contributed by atoms with Crippen molar-refractivity contribution in [2.75, 3.05) is 16.8 Å². The normalized spacial score (nSPS) is 18.6. The highest BCUT2D eigenvalue weighted by Crippen LogP contribution is 2.59. The molecule has 1 aromatic heterocycles.